The van der Waals surface area contributed by atoms with Crippen molar-refractivity contribution in [3.8, 4) is 0 Å². The van der Waals surface area contributed by atoms with Gasteiger partial charge in [-0.25, -0.2) is 0 Å². The molecule has 0 radical (unpaired) electrons. The molecule has 0 amide bonds. The van der Waals surface area contributed by atoms with E-state index in [9.17, 15) is 0 Å². The number of likely N-dealkylation sites (N-methyl/N-ethyl adjacent to an activating group) is 1. The van der Waals surface area contributed by atoms with Gasteiger partial charge in [0.1, 0.15) is 0 Å². The summed E-state index contributed by atoms with van der Waals surface area (Å²) in [7, 11) is 2.09. The lowest BCUT2D eigenvalue weighted by molar-refractivity contribution is 0.177. The van der Waals surface area contributed by atoms with E-state index in [0.717, 1.165) is 5.92 Å². The Morgan fingerprint density at radius 2 is 2.38 bits per heavy atom. The molecule has 0 bridgehead atoms. The molecule has 1 N–H and O–H groups in total. The highest BCUT2D eigenvalue weighted by Crippen LogP contribution is 2.30. The summed E-state index contributed by atoms with van der Waals surface area (Å²) in [6, 6.07) is 5.12. The molecule has 1 aliphatic rings. The van der Waals surface area contributed by atoms with Gasteiger partial charge in [-0.3, -0.25) is 0 Å². The van der Waals surface area contributed by atoms with Crippen LogP contribution in [0.1, 0.15) is 30.6 Å². The Morgan fingerprint density at radius 3 is 3.00 bits per heavy atom. The molecule has 1 saturated heterocycles. The normalized spacial score (nSPS) is 27.1. The number of likely N-dealkylation sites (tertiary alicyclic amines) is 1. The van der Waals surface area contributed by atoms with Crippen molar-refractivity contribution in [2.75, 3.05) is 26.7 Å². The lowest BCUT2D eigenvalue weighted by atomic mass is 9.93. The summed E-state index contributed by atoms with van der Waals surface area (Å²) in [6.45, 7) is 5.96. The van der Waals surface area contributed by atoms with Gasteiger partial charge in [0.05, 0.1) is 0 Å². The van der Waals surface area contributed by atoms with Crippen LogP contribution in [-0.2, 0) is 0 Å². The van der Waals surface area contributed by atoms with E-state index in [0.29, 0.717) is 6.04 Å². The van der Waals surface area contributed by atoms with Gasteiger partial charge in [-0.2, -0.15) is 0 Å². The van der Waals surface area contributed by atoms with Crippen LogP contribution in [-0.4, -0.2) is 37.6 Å². The summed E-state index contributed by atoms with van der Waals surface area (Å²) >= 11 is 1.91. The number of hydrogen-bond acceptors (Lipinski definition) is 3. The number of thiophene rings is 1. The average molecular weight is 238 g/mol. The van der Waals surface area contributed by atoms with Crippen LogP contribution in [0.4, 0.5) is 0 Å². The van der Waals surface area contributed by atoms with Crippen molar-refractivity contribution < 1.29 is 0 Å². The van der Waals surface area contributed by atoms with Gasteiger partial charge in [0.2, 0.25) is 0 Å². The lowest BCUT2D eigenvalue weighted by Gasteiger charge is -2.37. The highest BCUT2D eigenvalue weighted by atomic mass is 32.1. The minimum atomic E-state index is 0.660. The first-order valence-corrected chi connectivity index (χ1v) is 7.14. The lowest BCUT2D eigenvalue weighted by Crippen LogP contribution is -2.47. The molecule has 1 aliphatic heterocycles. The molecular formula is C13H22N2S. The molecular weight excluding hydrogens is 216 g/mol. The molecule has 2 rings (SSSR count). The maximum Gasteiger partial charge on any atom is 0.0198 e. The van der Waals surface area contributed by atoms with E-state index >= 15 is 0 Å². The zero-order chi connectivity index (χ0) is 11.4. The van der Waals surface area contributed by atoms with Crippen LogP contribution in [0.5, 0.6) is 0 Å². The molecule has 1 aromatic heterocycles. The zero-order valence-electron chi connectivity index (χ0n) is 10.3. The molecule has 0 spiro atoms. The predicted octanol–water partition coefficient (Wildman–Crippen LogP) is 2.54. The van der Waals surface area contributed by atoms with Crippen LogP contribution in [0.15, 0.2) is 17.5 Å². The van der Waals surface area contributed by atoms with Crippen LogP contribution >= 0.6 is 11.3 Å². The van der Waals surface area contributed by atoms with Gasteiger partial charge in [0.25, 0.3) is 0 Å². The maximum atomic E-state index is 3.45. The van der Waals surface area contributed by atoms with Crippen LogP contribution in [0, 0.1) is 0 Å². The Kier molecular flexibility index (Phi) is 4.38. The summed E-state index contributed by atoms with van der Waals surface area (Å²) in [6.07, 6.45) is 2.55. The number of piperidine rings is 1. The van der Waals surface area contributed by atoms with Crippen molar-refractivity contribution in [2.45, 2.75) is 31.7 Å². The third kappa shape index (κ3) is 2.84. The molecule has 2 heterocycles. The third-order valence-corrected chi connectivity index (χ3v) is 4.45. The zero-order valence-corrected chi connectivity index (χ0v) is 11.1. The van der Waals surface area contributed by atoms with E-state index in [1.54, 1.807) is 4.88 Å². The van der Waals surface area contributed by atoms with E-state index in [2.05, 4.69) is 41.7 Å². The van der Waals surface area contributed by atoms with Crippen LogP contribution < -0.4 is 5.32 Å². The minimum Gasteiger partial charge on any atom is -0.316 e. The number of nitrogens with one attached hydrogen (secondary N) is 1. The number of nitrogens with zero attached hydrogens (tertiary/aromatic N) is 1. The maximum absolute atomic E-state index is 3.45. The molecule has 0 saturated carbocycles. The van der Waals surface area contributed by atoms with Crippen molar-refractivity contribution >= 4 is 11.3 Å². The standard InChI is InChI=1S/C13H22N2S/c1-3-6-15-9-11(8-12(10-15)14-2)13-5-4-7-16-13/h4-5,7,11-12,14H,3,6,8-10H2,1-2H3. The minimum absolute atomic E-state index is 0.660. The van der Waals surface area contributed by atoms with Crippen LogP contribution in [0.3, 0.4) is 0 Å². The average Bonchev–Trinajstić information content (AvgIpc) is 2.82. The Bertz CT molecular complexity index is 297. The quantitative estimate of drug-likeness (QED) is 0.867. The van der Waals surface area contributed by atoms with Gasteiger partial charge in [0.15, 0.2) is 0 Å². The first kappa shape index (κ1) is 12.1. The summed E-state index contributed by atoms with van der Waals surface area (Å²) in [5, 5.41) is 5.64. The van der Waals surface area contributed by atoms with Gasteiger partial charge in [-0.05, 0) is 37.9 Å². The van der Waals surface area contributed by atoms with Gasteiger partial charge in [-0.1, -0.05) is 13.0 Å². The SMILES string of the molecule is CCCN1CC(NC)CC(c2cccs2)C1. The third-order valence-electron chi connectivity index (χ3n) is 3.42. The van der Waals surface area contributed by atoms with E-state index < -0.39 is 0 Å². The van der Waals surface area contributed by atoms with E-state index in [1.807, 2.05) is 11.3 Å². The molecule has 3 heteroatoms. The highest BCUT2D eigenvalue weighted by Gasteiger charge is 2.27. The fourth-order valence-corrected chi connectivity index (χ4v) is 3.46. The van der Waals surface area contributed by atoms with Gasteiger partial charge in [-0.15, -0.1) is 11.3 Å². The first-order valence-electron chi connectivity index (χ1n) is 6.26. The Balaban J connectivity index is 2.02. The summed E-state index contributed by atoms with van der Waals surface area (Å²) < 4.78 is 0. The van der Waals surface area contributed by atoms with Gasteiger partial charge < -0.3 is 10.2 Å². The molecule has 2 unspecified atom stereocenters. The van der Waals surface area contributed by atoms with Crippen molar-refractivity contribution in [2.24, 2.45) is 0 Å². The van der Waals surface area contributed by atoms with Crippen molar-refractivity contribution in [3.05, 3.63) is 22.4 Å². The van der Waals surface area contributed by atoms with Crippen LogP contribution in [0.25, 0.3) is 0 Å². The molecule has 2 atom stereocenters. The molecule has 0 aromatic carbocycles. The molecule has 0 aliphatic carbocycles. The van der Waals surface area contributed by atoms with Crippen molar-refractivity contribution in [3.63, 3.8) is 0 Å². The first-order chi connectivity index (χ1) is 7.83. The van der Waals surface area contributed by atoms with Gasteiger partial charge >= 0.3 is 0 Å². The monoisotopic (exact) mass is 238 g/mol. The smallest absolute Gasteiger partial charge is 0.0198 e. The van der Waals surface area contributed by atoms with E-state index in [-0.39, 0.29) is 0 Å². The summed E-state index contributed by atoms with van der Waals surface area (Å²) in [4.78, 5) is 4.16. The van der Waals surface area contributed by atoms with E-state index in [1.165, 1.54) is 32.5 Å². The Hall–Kier alpha value is -0.380. The second-order valence-electron chi connectivity index (χ2n) is 4.69. The second-order valence-corrected chi connectivity index (χ2v) is 5.67. The van der Waals surface area contributed by atoms with Crippen molar-refractivity contribution in [1.82, 2.24) is 10.2 Å². The fourth-order valence-electron chi connectivity index (χ4n) is 2.63. The molecule has 90 valence electrons. The Labute approximate surface area is 103 Å². The largest absolute Gasteiger partial charge is 0.316 e. The molecule has 1 aromatic rings. The summed E-state index contributed by atoms with van der Waals surface area (Å²) in [5.41, 5.74) is 0. The highest BCUT2D eigenvalue weighted by molar-refractivity contribution is 7.10. The number of rotatable bonds is 4. The topological polar surface area (TPSA) is 15.3 Å². The van der Waals surface area contributed by atoms with Gasteiger partial charge in [0, 0.05) is 29.9 Å². The summed E-state index contributed by atoms with van der Waals surface area (Å²) in [5.74, 6) is 0.734. The number of hydrogen-bond donors (Lipinski definition) is 1. The van der Waals surface area contributed by atoms with Crippen LogP contribution in [0.2, 0.25) is 0 Å². The van der Waals surface area contributed by atoms with E-state index in [4.69, 9.17) is 0 Å². The predicted molar refractivity (Wildman–Crippen MR) is 71.3 cm³/mol. The second kappa shape index (κ2) is 5.80. The Morgan fingerprint density at radius 1 is 1.50 bits per heavy atom. The molecule has 2 nitrogen and oxygen atoms in total. The van der Waals surface area contributed by atoms with Crippen molar-refractivity contribution in [1.29, 1.82) is 0 Å². The molecule has 1 fully saturated rings. The molecule has 16 heavy (non-hydrogen) atoms. The fraction of sp³-hybridized carbons (Fsp3) is 0.692.